The maximum atomic E-state index is 4.62. The Kier molecular flexibility index (Phi) is 4.97. The normalized spacial score (nSPS) is 10.9. The number of nitrogens with zero attached hydrogens (tertiary/aromatic N) is 2. The van der Waals surface area contributed by atoms with Crippen LogP contribution in [0, 0.1) is 0 Å². The molecular weight excluding hydrogens is 390 g/mol. The van der Waals surface area contributed by atoms with Gasteiger partial charge in [0.05, 0.1) is 20.4 Å². The molecule has 4 aromatic rings. The van der Waals surface area contributed by atoms with Crippen molar-refractivity contribution in [1.29, 1.82) is 0 Å². The number of hydrogen-bond acceptors (Lipinski definition) is 6. The van der Waals surface area contributed by atoms with Crippen LogP contribution in [0.5, 0.6) is 0 Å². The molecule has 0 spiro atoms. The Morgan fingerprint density at radius 1 is 0.667 bits per heavy atom. The molecule has 0 aliphatic carbocycles. The third-order valence-corrected chi connectivity index (χ3v) is 7.78. The molecule has 2 aromatic heterocycles. The number of fused-ring (bicyclic) bond motifs is 2. The molecule has 0 bridgehead atoms. The molecule has 0 N–H and O–H groups in total. The van der Waals surface area contributed by atoms with Crippen molar-refractivity contribution in [2.24, 2.45) is 0 Å². The molecule has 21 heavy (non-hydrogen) atoms. The first kappa shape index (κ1) is 15.4. The number of rotatable bonds is 3. The van der Waals surface area contributed by atoms with Crippen molar-refractivity contribution in [1.82, 2.24) is 9.97 Å². The van der Waals surface area contributed by atoms with E-state index in [1.807, 2.05) is 12.1 Å². The number of benzene rings is 2. The Labute approximate surface area is 150 Å². The fourth-order valence-electron chi connectivity index (χ4n) is 1.84. The van der Waals surface area contributed by atoms with E-state index in [-0.39, 0.29) is 19.5 Å². The molecule has 0 saturated carbocycles. The average molecular weight is 398 g/mol. The minimum Gasteiger partial charge on any atom is -0.229 e. The Hall–Kier alpha value is -0.457. The number of hydrogen-bond donors (Lipinski definition) is 0. The molecule has 0 unspecified atom stereocenters. The van der Waals surface area contributed by atoms with Crippen molar-refractivity contribution < 1.29 is 19.5 Å². The van der Waals surface area contributed by atoms with Crippen molar-refractivity contribution in [3.8, 4) is 0 Å². The molecule has 2 heterocycles. The van der Waals surface area contributed by atoms with Gasteiger partial charge >= 0.3 is 19.5 Å². The number of thiazole rings is 2. The second-order valence-electron chi connectivity index (χ2n) is 4.06. The predicted octanol–water partition coefficient (Wildman–Crippen LogP) is 5.70. The van der Waals surface area contributed by atoms with E-state index >= 15 is 0 Å². The minimum atomic E-state index is 0. The molecule has 0 fully saturated rings. The summed E-state index contributed by atoms with van der Waals surface area (Å²) in [4.78, 5) is 9.24. The first-order valence-corrected chi connectivity index (χ1v) is 9.72. The van der Waals surface area contributed by atoms with E-state index in [0.717, 1.165) is 19.7 Å². The first-order chi connectivity index (χ1) is 9.88. The minimum absolute atomic E-state index is 0. The molecule has 7 heteroatoms. The summed E-state index contributed by atoms with van der Waals surface area (Å²) in [5.74, 6) is 0. The van der Waals surface area contributed by atoms with Gasteiger partial charge in [0, 0.05) is 0 Å². The second kappa shape index (κ2) is 6.75. The maximum Gasteiger partial charge on any atom is 2.00 e. The van der Waals surface area contributed by atoms with Crippen molar-refractivity contribution in [2.45, 2.75) is 8.68 Å². The monoisotopic (exact) mass is 396 g/mol. The summed E-state index contributed by atoms with van der Waals surface area (Å²) < 4.78 is 4.63. The zero-order chi connectivity index (χ0) is 13.4. The molecule has 0 amide bonds. The van der Waals surface area contributed by atoms with E-state index in [1.165, 1.54) is 9.40 Å². The Balaban J connectivity index is 0.00000132. The molecule has 2 nitrogen and oxygen atoms in total. The van der Waals surface area contributed by atoms with Crippen molar-refractivity contribution >= 4 is 64.7 Å². The van der Waals surface area contributed by atoms with Gasteiger partial charge in [-0.25, -0.2) is 9.97 Å². The van der Waals surface area contributed by atoms with Crippen LogP contribution in [-0.2, 0) is 19.5 Å². The predicted molar refractivity (Wildman–Crippen MR) is 91.0 cm³/mol. The van der Waals surface area contributed by atoms with Gasteiger partial charge in [0.2, 0.25) is 0 Å². The molecule has 0 aliphatic heterocycles. The van der Waals surface area contributed by atoms with E-state index in [9.17, 15) is 0 Å². The standard InChI is InChI=1S/C14H8N2S4.Zn/c1-3-7-11-9(5-1)15-13(17-11)19-20-14-16-10-6-2-4-8-12(10)18-14;/h1-8H;/q;+2. The summed E-state index contributed by atoms with van der Waals surface area (Å²) in [6.07, 6.45) is 0. The van der Waals surface area contributed by atoms with Crippen LogP contribution in [0.3, 0.4) is 0 Å². The Morgan fingerprint density at radius 2 is 1.10 bits per heavy atom. The average Bonchev–Trinajstić information content (AvgIpc) is 3.07. The molecule has 0 saturated heterocycles. The smallest absolute Gasteiger partial charge is 0.229 e. The molecule has 98 valence electrons. The zero-order valence-electron chi connectivity index (χ0n) is 10.9. The van der Waals surface area contributed by atoms with Crippen molar-refractivity contribution in [3.05, 3.63) is 48.5 Å². The summed E-state index contributed by atoms with van der Waals surface area (Å²) >= 11 is 3.46. The summed E-state index contributed by atoms with van der Waals surface area (Å²) in [5, 5.41) is 0. The van der Waals surface area contributed by atoms with Crippen LogP contribution < -0.4 is 0 Å². The van der Waals surface area contributed by atoms with Crippen LogP contribution in [0.1, 0.15) is 0 Å². The van der Waals surface area contributed by atoms with Crippen molar-refractivity contribution in [2.75, 3.05) is 0 Å². The van der Waals surface area contributed by atoms with E-state index in [1.54, 1.807) is 44.3 Å². The number of aromatic nitrogens is 2. The van der Waals surface area contributed by atoms with Gasteiger partial charge in [-0.05, 0) is 45.9 Å². The van der Waals surface area contributed by atoms with E-state index in [2.05, 4.69) is 46.4 Å². The number of para-hydroxylation sites is 2. The quantitative estimate of drug-likeness (QED) is 0.327. The third kappa shape index (κ3) is 3.32. The maximum absolute atomic E-state index is 4.62. The fraction of sp³-hybridized carbons (Fsp3) is 0. The second-order valence-corrected chi connectivity index (χ2v) is 8.75. The third-order valence-electron chi connectivity index (χ3n) is 2.73. The van der Waals surface area contributed by atoms with Crippen LogP contribution >= 0.6 is 44.3 Å². The van der Waals surface area contributed by atoms with Gasteiger partial charge in [-0.1, -0.05) is 24.3 Å². The Bertz CT molecular complexity index is 747. The topological polar surface area (TPSA) is 25.8 Å². The van der Waals surface area contributed by atoms with Crippen molar-refractivity contribution in [3.63, 3.8) is 0 Å². The van der Waals surface area contributed by atoms with Crippen LogP contribution in [0.2, 0.25) is 0 Å². The molecule has 0 atom stereocenters. The van der Waals surface area contributed by atoms with Gasteiger partial charge in [-0.2, -0.15) is 0 Å². The molecule has 0 aliphatic rings. The summed E-state index contributed by atoms with van der Waals surface area (Å²) in [5.41, 5.74) is 2.15. The van der Waals surface area contributed by atoms with Crippen LogP contribution in [0.4, 0.5) is 0 Å². The summed E-state index contributed by atoms with van der Waals surface area (Å²) in [6, 6.07) is 16.5. The van der Waals surface area contributed by atoms with Gasteiger partial charge in [0.25, 0.3) is 0 Å². The largest absolute Gasteiger partial charge is 2.00 e. The van der Waals surface area contributed by atoms with Gasteiger partial charge in [0.1, 0.15) is 0 Å². The fourth-order valence-corrected chi connectivity index (χ4v) is 6.34. The van der Waals surface area contributed by atoms with Gasteiger partial charge in [-0.3, -0.25) is 0 Å². The van der Waals surface area contributed by atoms with E-state index in [0.29, 0.717) is 0 Å². The zero-order valence-corrected chi connectivity index (χ0v) is 17.1. The summed E-state index contributed by atoms with van der Waals surface area (Å²) in [7, 11) is 3.37. The van der Waals surface area contributed by atoms with Crippen LogP contribution in [-0.4, -0.2) is 9.97 Å². The van der Waals surface area contributed by atoms with Crippen LogP contribution in [0.25, 0.3) is 20.4 Å². The van der Waals surface area contributed by atoms with E-state index in [4.69, 9.17) is 0 Å². The van der Waals surface area contributed by atoms with Gasteiger partial charge < -0.3 is 0 Å². The molecule has 2 aromatic carbocycles. The SMILES string of the molecule is [Zn+2].c1ccc2sc(SSc3nc4ccccc4s3)nc2c1. The van der Waals surface area contributed by atoms with Gasteiger partial charge in [0.15, 0.2) is 8.68 Å². The summed E-state index contributed by atoms with van der Waals surface area (Å²) in [6.45, 7) is 0. The van der Waals surface area contributed by atoms with Gasteiger partial charge in [-0.15, -0.1) is 22.7 Å². The molecule has 0 radical (unpaired) electrons. The Morgan fingerprint density at radius 3 is 1.52 bits per heavy atom. The molecule has 4 rings (SSSR count). The molecular formula is C14H8N2S4Zn+2. The van der Waals surface area contributed by atoms with Crippen LogP contribution in [0.15, 0.2) is 57.2 Å². The first-order valence-electron chi connectivity index (χ1n) is 5.94. The van der Waals surface area contributed by atoms with E-state index < -0.39 is 0 Å².